The largest absolute Gasteiger partial charge is 0.468 e. The number of carbonyl (C=O) groups is 4. The summed E-state index contributed by atoms with van der Waals surface area (Å²) in [5, 5.41) is 2.49. The molecule has 0 radical (unpaired) electrons. The smallest absolute Gasteiger partial charge is 0.320 e. The van der Waals surface area contributed by atoms with Crippen molar-refractivity contribution in [2.24, 2.45) is 23.5 Å². The van der Waals surface area contributed by atoms with Crippen molar-refractivity contribution in [2.75, 3.05) is 14.2 Å². The summed E-state index contributed by atoms with van der Waals surface area (Å²) in [4.78, 5) is 46.8. The van der Waals surface area contributed by atoms with Gasteiger partial charge in [0.25, 0.3) is 0 Å². The van der Waals surface area contributed by atoms with Crippen LogP contribution in [-0.2, 0) is 28.7 Å². The second kappa shape index (κ2) is 7.05. The average Bonchev–Trinajstić information content (AvgIpc) is 3.27. The minimum absolute atomic E-state index is 0.131. The van der Waals surface area contributed by atoms with Gasteiger partial charge in [-0.25, -0.2) is 0 Å². The Hall–Kier alpha value is -2.12. The third-order valence-corrected chi connectivity index (χ3v) is 3.51. The molecule has 3 N–H and O–H groups in total. The molecule has 0 bridgehead atoms. The summed E-state index contributed by atoms with van der Waals surface area (Å²) in [6.45, 7) is 1.46. The molecule has 21 heavy (non-hydrogen) atoms. The Bertz CT molecular complexity index is 430. The molecule has 8 heteroatoms. The minimum atomic E-state index is -1.34. The molecule has 1 fully saturated rings. The first-order valence-corrected chi connectivity index (χ1v) is 6.58. The van der Waals surface area contributed by atoms with Gasteiger partial charge in [-0.3, -0.25) is 19.2 Å². The molecular formula is C13H20N2O6. The van der Waals surface area contributed by atoms with E-state index < -0.39 is 35.7 Å². The molecule has 0 aromatic heterocycles. The van der Waals surface area contributed by atoms with Gasteiger partial charge < -0.3 is 20.5 Å². The van der Waals surface area contributed by atoms with Crippen molar-refractivity contribution < 1.29 is 28.7 Å². The van der Waals surface area contributed by atoms with E-state index in [1.807, 2.05) is 0 Å². The number of ether oxygens (including phenoxy) is 2. The zero-order valence-electron chi connectivity index (χ0n) is 12.3. The van der Waals surface area contributed by atoms with Crippen LogP contribution in [0.5, 0.6) is 0 Å². The van der Waals surface area contributed by atoms with Crippen LogP contribution in [0.15, 0.2) is 0 Å². The summed E-state index contributed by atoms with van der Waals surface area (Å²) >= 11 is 0. The van der Waals surface area contributed by atoms with E-state index >= 15 is 0 Å². The van der Waals surface area contributed by atoms with Gasteiger partial charge in [0.1, 0.15) is 6.04 Å². The second-order valence-corrected chi connectivity index (χ2v) is 5.05. The monoisotopic (exact) mass is 300 g/mol. The van der Waals surface area contributed by atoms with E-state index in [1.54, 1.807) is 0 Å². The van der Waals surface area contributed by atoms with Crippen LogP contribution in [0.25, 0.3) is 0 Å². The number of nitrogens with two attached hydrogens (primary N) is 1. The van der Waals surface area contributed by atoms with Gasteiger partial charge in [0.2, 0.25) is 11.8 Å². The molecule has 1 aliphatic carbocycles. The molecule has 0 spiro atoms. The van der Waals surface area contributed by atoms with Crippen LogP contribution in [0, 0.1) is 17.8 Å². The van der Waals surface area contributed by atoms with Crippen LogP contribution in [-0.4, -0.2) is 44.0 Å². The van der Waals surface area contributed by atoms with E-state index in [9.17, 15) is 19.2 Å². The summed E-state index contributed by atoms with van der Waals surface area (Å²) in [6, 6.07) is -1.15. The van der Waals surface area contributed by atoms with Crippen LogP contribution < -0.4 is 11.1 Å². The number of carbonyl (C=O) groups excluding carboxylic acids is 4. The van der Waals surface area contributed by atoms with E-state index in [-0.39, 0.29) is 11.8 Å². The van der Waals surface area contributed by atoms with E-state index in [2.05, 4.69) is 14.8 Å². The Kier molecular flexibility index (Phi) is 5.69. The van der Waals surface area contributed by atoms with Gasteiger partial charge in [0, 0.05) is 11.8 Å². The zero-order chi connectivity index (χ0) is 16.2. The Balaban J connectivity index is 2.91. The fourth-order valence-electron chi connectivity index (χ4n) is 2.05. The maximum absolute atomic E-state index is 11.8. The van der Waals surface area contributed by atoms with Gasteiger partial charge in [0.05, 0.1) is 14.2 Å². The first-order valence-electron chi connectivity index (χ1n) is 6.58. The van der Waals surface area contributed by atoms with Crippen molar-refractivity contribution in [3.8, 4) is 0 Å². The number of hydrogen-bond donors (Lipinski definition) is 2. The number of nitrogens with one attached hydrogen (secondary N) is 1. The number of esters is 2. The number of primary amides is 1. The molecule has 1 rings (SSSR count). The quantitative estimate of drug-likeness (QED) is 0.457. The predicted octanol–water partition coefficient (Wildman–Crippen LogP) is -1.04. The third-order valence-electron chi connectivity index (χ3n) is 3.51. The lowest BCUT2D eigenvalue weighted by Crippen LogP contribution is -2.53. The second-order valence-electron chi connectivity index (χ2n) is 5.05. The van der Waals surface area contributed by atoms with Crippen molar-refractivity contribution in [1.29, 1.82) is 0 Å². The topological polar surface area (TPSA) is 125 Å². The van der Waals surface area contributed by atoms with E-state index in [1.165, 1.54) is 6.92 Å². The minimum Gasteiger partial charge on any atom is -0.468 e. The Morgan fingerprint density at radius 3 is 1.90 bits per heavy atom. The zero-order valence-corrected chi connectivity index (χ0v) is 12.3. The van der Waals surface area contributed by atoms with E-state index in [4.69, 9.17) is 5.73 Å². The van der Waals surface area contributed by atoms with Crippen LogP contribution in [0.3, 0.4) is 0 Å². The average molecular weight is 300 g/mol. The molecule has 0 aromatic carbocycles. The maximum atomic E-state index is 11.8. The number of methoxy groups -OCH3 is 2. The number of rotatable bonds is 7. The standard InChI is InChI=1S/C13H20N2O6/c1-6(8(12(18)20-2)13(19)21-3)9(10(14)16)15-11(17)7-4-5-7/h6-9H,4-5H2,1-3H3,(H2,14,16)(H,15,17)/t6-,9-/m0/s1. The molecule has 0 saturated heterocycles. The molecule has 1 aliphatic rings. The van der Waals surface area contributed by atoms with E-state index in [0.717, 1.165) is 27.1 Å². The highest BCUT2D eigenvalue weighted by molar-refractivity contribution is 5.97. The van der Waals surface area contributed by atoms with Crippen LogP contribution in [0.4, 0.5) is 0 Å². The fraction of sp³-hybridized carbons (Fsp3) is 0.692. The SMILES string of the molecule is COC(=O)C(C(=O)OC)[C@H](C)[C@H](NC(=O)C1CC1)C(N)=O. The van der Waals surface area contributed by atoms with Crippen LogP contribution in [0.2, 0.25) is 0 Å². The van der Waals surface area contributed by atoms with Gasteiger partial charge in [0.15, 0.2) is 5.92 Å². The van der Waals surface area contributed by atoms with E-state index in [0.29, 0.717) is 0 Å². The fourth-order valence-corrected chi connectivity index (χ4v) is 2.05. The summed E-state index contributed by atoms with van der Waals surface area (Å²) in [7, 11) is 2.24. The van der Waals surface area contributed by atoms with Gasteiger partial charge in [-0.05, 0) is 12.8 Å². The highest BCUT2D eigenvalue weighted by atomic mass is 16.5. The van der Waals surface area contributed by atoms with Gasteiger partial charge in [-0.15, -0.1) is 0 Å². The maximum Gasteiger partial charge on any atom is 0.320 e. The lowest BCUT2D eigenvalue weighted by molar-refractivity contribution is -0.162. The normalized spacial score (nSPS) is 16.8. The van der Waals surface area contributed by atoms with Crippen molar-refractivity contribution in [1.82, 2.24) is 5.32 Å². The summed E-state index contributed by atoms with van der Waals surface area (Å²) in [6.07, 6.45) is 1.51. The Morgan fingerprint density at radius 2 is 1.57 bits per heavy atom. The highest BCUT2D eigenvalue weighted by Gasteiger charge is 2.42. The molecule has 1 saturated carbocycles. The summed E-state index contributed by atoms with van der Waals surface area (Å²) < 4.78 is 9.09. The third kappa shape index (κ3) is 4.17. The Morgan fingerprint density at radius 1 is 1.10 bits per heavy atom. The lowest BCUT2D eigenvalue weighted by Gasteiger charge is -2.26. The van der Waals surface area contributed by atoms with Crippen LogP contribution in [0.1, 0.15) is 19.8 Å². The number of amides is 2. The molecule has 0 heterocycles. The van der Waals surface area contributed by atoms with Gasteiger partial charge >= 0.3 is 11.9 Å². The summed E-state index contributed by atoms with van der Waals surface area (Å²) in [5.41, 5.74) is 5.27. The lowest BCUT2D eigenvalue weighted by atomic mass is 9.86. The van der Waals surface area contributed by atoms with Crippen LogP contribution >= 0.6 is 0 Å². The summed E-state index contributed by atoms with van der Waals surface area (Å²) in [5.74, 6) is -5.17. The van der Waals surface area contributed by atoms with Crippen molar-refractivity contribution >= 4 is 23.8 Å². The molecule has 8 nitrogen and oxygen atoms in total. The van der Waals surface area contributed by atoms with Crippen molar-refractivity contribution in [2.45, 2.75) is 25.8 Å². The Labute approximate surface area is 122 Å². The molecule has 0 aromatic rings. The molecule has 0 aliphatic heterocycles. The van der Waals surface area contributed by atoms with Gasteiger partial charge in [-0.2, -0.15) is 0 Å². The molecule has 2 atom stereocenters. The molecule has 118 valence electrons. The molecule has 0 unspecified atom stereocenters. The predicted molar refractivity (Wildman–Crippen MR) is 70.5 cm³/mol. The van der Waals surface area contributed by atoms with Crippen molar-refractivity contribution in [3.05, 3.63) is 0 Å². The first kappa shape index (κ1) is 16.9. The number of hydrogen-bond acceptors (Lipinski definition) is 6. The van der Waals surface area contributed by atoms with Gasteiger partial charge in [-0.1, -0.05) is 6.92 Å². The van der Waals surface area contributed by atoms with Crippen molar-refractivity contribution in [3.63, 3.8) is 0 Å². The molecule has 2 amide bonds. The highest BCUT2D eigenvalue weighted by Crippen LogP contribution is 2.29. The first-order chi connectivity index (χ1) is 9.83. The molecular weight excluding hydrogens is 280 g/mol.